The molecule has 0 fully saturated rings. The average molecular weight is 245 g/mol. The van der Waals surface area contributed by atoms with Crippen molar-refractivity contribution >= 4 is 11.6 Å². The largest absolute Gasteiger partial charge is 0.326 e. The van der Waals surface area contributed by atoms with Crippen LogP contribution < -0.4 is 11.5 Å². The van der Waals surface area contributed by atoms with Crippen LogP contribution in [0.5, 0.6) is 0 Å². The molecule has 0 amide bonds. The van der Waals surface area contributed by atoms with Crippen LogP contribution in [0.25, 0.3) is 0 Å². The Morgan fingerprint density at radius 3 is 2.62 bits per heavy atom. The van der Waals surface area contributed by atoms with E-state index in [-0.39, 0.29) is 17.4 Å². The zero-order chi connectivity index (χ0) is 12.3. The van der Waals surface area contributed by atoms with Crippen LogP contribution in [-0.2, 0) is 0 Å². The SMILES string of the molecule is CC(C)(N)CCC(N)c1cc(Cl)ccc1F. The monoisotopic (exact) mass is 244 g/mol. The molecule has 4 heteroatoms. The Hall–Kier alpha value is -0.640. The van der Waals surface area contributed by atoms with E-state index in [0.29, 0.717) is 17.0 Å². The minimum atomic E-state index is -0.360. The van der Waals surface area contributed by atoms with Crippen molar-refractivity contribution in [3.05, 3.63) is 34.6 Å². The van der Waals surface area contributed by atoms with Crippen molar-refractivity contribution in [2.24, 2.45) is 11.5 Å². The van der Waals surface area contributed by atoms with Crippen LogP contribution in [0.4, 0.5) is 4.39 Å². The molecule has 0 aliphatic rings. The molecule has 16 heavy (non-hydrogen) atoms. The third-order valence-electron chi connectivity index (χ3n) is 2.46. The fourth-order valence-electron chi connectivity index (χ4n) is 1.48. The van der Waals surface area contributed by atoms with Crippen molar-refractivity contribution in [3.63, 3.8) is 0 Å². The van der Waals surface area contributed by atoms with Crippen LogP contribution in [0.15, 0.2) is 18.2 Å². The van der Waals surface area contributed by atoms with Crippen molar-refractivity contribution in [2.75, 3.05) is 0 Å². The van der Waals surface area contributed by atoms with Gasteiger partial charge in [-0.1, -0.05) is 11.6 Å². The van der Waals surface area contributed by atoms with E-state index in [2.05, 4.69) is 0 Å². The molecule has 0 aliphatic carbocycles. The number of benzene rings is 1. The Bertz CT molecular complexity index is 361. The summed E-state index contributed by atoms with van der Waals surface area (Å²) in [5.41, 5.74) is 11.9. The van der Waals surface area contributed by atoms with Crippen LogP contribution in [0.2, 0.25) is 5.02 Å². The molecule has 1 unspecified atom stereocenters. The van der Waals surface area contributed by atoms with Crippen LogP contribution >= 0.6 is 11.6 Å². The molecule has 90 valence electrons. The molecule has 0 radical (unpaired) electrons. The molecule has 1 aromatic rings. The van der Waals surface area contributed by atoms with E-state index in [1.54, 1.807) is 6.07 Å². The predicted molar refractivity (Wildman–Crippen MR) is 65.8 cm³/mol. The Morgan fingerprint density at radius 2 is 2.06 bits per heavy atom. The number of halogens is 2. The minimum Gasteiger partial charge on any atom is -0.326 e. The summed E-state index contributed by atoms with van der Waals surface area (Å²) in [7, 11) is 0. The highest BCUT2D eigenvalue weighted by molar-refractivity contribution is 6.30. The van der Waals surface area contributed by atoms with Crippen LogP contribution in [0, 0.1) is 5.82 Å². The number of hydrogen-bond acceptors (Lipinski definition) is 2. The summed E-state index contributed by atoms with van der Waals surface area (Å²) in [6.07, 6.45) is 1.38. The van der Waals surface area contributed by atoms with Gasteiger partial charge in [0.1, 0.15) is 5.82 Å². The average Bonchev–Trinajstić information content (AvgIpc) is 2.17. The normalized spacial score (nSPS) is 13.9. The molecule has 0 saturated heterocycles. The molecule has 0 aromatic heterocycles. The summed E-state index contributed by atoms with van der Waals surface area (Å²) in [4.78, 5) is 0. The third kappa shape index (κ3) is 4.08. The highest BCUT2D eigenvalue weighted by atomic mass is 35.5. The maximum Gasteiger partial charge on any atom is 0.128 e. The van der Waals surface area contributed by atoms with Gasteiger partial charge < -0.3 is 11.5 Å². The summed E-state index contributed by atoms with van der Waals surface area (Å²) >= 11 is 5.80. The van der Waals surface area contributed by atoms with Gasteiger partial charge in [-0.3, -0.25) is 0 Å². The van der Waals surface area contributed by atoms with E-state index in [4.69, 9.17) is 23.1 Å². The van der Waals surface area contributed by atoms with E-state index in [1.165, 1.54) is 12.1 Å². The second-order valence-corrected chi connectivity index (χ2v) is 5.24. The van der Waals surface area contributed by atoms with Crippen molar-refractivity contribution in [1.29, 1.82) is 0 Å². The summed E-state index contributed by atoms with van der Waals surface area (Å²) in [5.74, 6) is -0.313. The molecule has 0 heterocycles. The number of rotatable bonds is 4. The molecule has 2 nitrogen and oxygen atoms in total. The summed E-state index contributed by atoms with van der Waals surface area (Å²) in [6.45, 7) is 3.85. The lowest BCUT2D eigenvalue weighted by Crippen LogP contribution is -2.32. The van der Waals surface area contributed by atoms with Crippen molar-refractivity contribution in [1.82, 2.24) is 0 Å². The zero-order valence-electron chi connectivity index (χ0n) is 9.63. The van der Waals surface area contributed by atoms with Gasteiger partial charge in [0.2, 0.25) is 0 Å². The van der Waals surface area contributed by atoms with Gasteiger partial charge in [-0.2, -0.15) is 0 Å². The standard InChI is InChI=1S/C12H18ClFN2/c1-12(2,16)6-5-11(15)9-7-8(13)3-4-10(9)14/h3-4,7,11H,5-6,15-16H2,1-2H3. The number of hydrogen-bond donors (Lipinski definition) is 2. The fourth-order valence-corrected chi connectivity index (χ4v) is 1.66. The fraction of sp³-hybridized carbons (Fsp3) is 0.500. The Labute approximate surface area is 101 Å². The lowest BCUT2D eigenvalue weighted by atomic mass is 9.94. The lowest BCUT2D eigenvalue weighted by molar-refractivity contribution is 0.427. The van der Waals surface area contributed by atoms with Crippen molar-refractivity contribution in [2.45, 2.75) is 38.3 Å². The lowest BCUT2D eigenvalue weighted by Gasteiger charge is -2.21. The zero-order valence-corrected chi connectivity index (χ0v) is 10.4. The summed E-state index contributed by atoms with van der Waals surface area (Å²) in [5, 5.41) is 0.499. The molecule has 0 aliphatic heterocycles. The molecular weight excluding hydrogens is 227 g/mol. The van der Waals surface area contributed by atoms with Gasteiger partial charge in [-0.15, -0.1) is 0 Å². The molecular formula is C12H18ClFN2. The molecule has 0 bridgehead atoms. The van der Waals surface area contributed by atoms with Crippen molar-refractivity contribution < 1.29 is 4.39 Å². The minimum absolute atomic E-state index is 0.285. The third-order valence-corrected chi connectivity index (χ3v) is 2.69. The first-order valence-corrected chi connectivity index (χ1v) is 5.67. The van der Waals surface area contributed by atoms with Gasteiger partial charge in [-0.25, -0.2) is 4.39 Å². The molecule has 1 atom stereocenters. The summed E-state index contributed by atoms with van der Waals surface area (Å²) in [6, 6.07) is 4.07. The van der Waals surface area contributed by atoms with Crippen LogP contribution in [0.1, 0.15) is 38.3 Å². The molecule has 4 N–H and O–H groups in total. The maximum absolute atomic E-state index is 13.5. The first-order valence-electron chi connectivity index (χ1n) is 5.29. The van der Waals surface area contributed by atoms with Gasteiger partial charge in [0, 0.05) is 22.2 Å². The van der Waals surface area contributed by atoms with E-state index in [9.17, 15) is 4.39 Å². The van der Waals surface area contributed by atoms with E-state index in [0.717, 1.165) is 6.42 Å². The number of nitrogens with two attached hydrogens (primary N) is 2. The van der Waals surface area contributed by atoms with Gasteiger partial charge >= 0.3 is 0 Å². The van der Waals surface area contributed by atoms with Gasteiger partial charge in [0.05, 0.1) is 0 Å². The summed E-state index contributed by atoms with van der Waals surface area (Å²) < 4.78 is 13.5. The van der Waals surface area contributed by atoms with Gasteiger partial charge in [0.15, 0.2) is 0 Å². The van der Waals surface area contributed by atoms with Crippen molar-refractivity contribution in [3.8, 4) is 0 Å². The molecule has 1 rings (SSSR count). The van der Waals surface area contributed by atoms with Crippen LogP contribution in [-0.4, -0.2) is 5.54 Å². The quantitative estimate of drug-likeness (QED) is 0.856. The second kappa shape index (κ2) is 5.13. The van der Waals surface area contributed by atoms with Gasteiger partial charge in [0.25, 0.3) is 0 Å². The van der Waals surface area contributed by atoms with Crippen LogP contribution in [0.3, 0.4) is 0 Å². The van der Waals surface area contributed by atoms with E-state index < -0.39 is 0 Å². The smallest absolute Gasteiger partial charge is 0.128 e. The van der Waals surface area contributed by atoms with Gasteiger partial charge in [-0.05, 0) is 44.9 Å². The first-order chi connectivity index (χ1) is 7.29. The second-order valence-electron chi connectivity index (χ2n) is 4.80. The Balaban J connectivity index is 2.73. The molecule has 1 aromatic carbocycles. The topological polar surface area (TPSA) is 52.0 Å². The van der Waals surface area contributed by atoms with E-state index >= 15 is 0 Å². The Morgan fingerprint density at radius 1 is 1.44 bits per heavy atom. The first kappa shape index (κ1) is 13.4. The van der Waals surface area contributed by atoms with E-state index in [1.807, 2.05) is 13.8 Å². The predicted octanol–water partition coefficient (Wildman–Crippen LogP) is 3.00. The molecule has 0 spiro atoms. The highest BCUT2D eigenvalue weighted by Gasteiger charge is 2.16. The molecule has 0 saturated carbocycles. The highest BCUT2D eigenvalue weighted by Crippen LogP contribution is 2.24. The Kier molecular flexibility index (Phi) is 4.30. The maximum atomic E-state index is 13.5.